The van der Waals surface area contributed by atoms with Gasteiger partial charge in [0.25, 0.3) is 0 Å². The lowest BCUT2D eigenvalue weighted by Crippen LogP contribution is -2.08. The average molecular weight is 278 g/mol. The van der Waals surface area contributed by atoms with Gasteiger partial charge in [-0.25, -0.2) is 4.98 Å². The molecule has 4 heteroatoms. The Labute approximate surface area is 118 Å². The van der Waals surface area contributed by atoms with Gasteiger partial charge in [-0.2, -0.15) is 0 Å². The Kier molecular flexibility index (Phi) is 2.47. The first-order valence-corrected chi connectivity index (χ1v) is 7.04. The number of aromatic nitrogens is 2. The number of halogens is 1. The van der Waals surface area contributed by atoms with Crippen LogP contribution >= 0.6 is 11.6 Å². The van der Waals surface area contributed by atoms with E-state index >= 15 is 0 Å². The fraction of sp³-hybridized carbons (Fsp3) is 0.533. The molecule has 3 rings (SSSR count). The summed E-state index contributed by atoms with van der Waals surface area (Å²) in [6.07, 6.45) is 0. The predicted octanol–water partition coefficient (Wildman–Crippen LogP) is 3.95. The molecule has 2 aromatic rings. The highest BCUT2D eigenvalue weighted by molar-refractivity contribution is 6.31. The summed E-state index contributed by atoms with van der Waals surface area (Å²) in [4.78, 5) is 4.41. The topological polar surface area (TPSA) is 43.8 Å². The van der Waals surface area contributed by atoms with Gasteiger partial charge >= 0.3 is 0 Å². The minimum Gasteiger partial charge on any atom is -0.369 e. The first kappa shape index (κ1) is 12.8. The Bertz CT molecular complexity index is 641. The number of hydrogen-bond donors (Lipinski definition) is 1. The molecule has 3 nitrogen and oxygen atoms in total. The van der Waals surface area contributed by atoms with E-state index in [-0.39, 0.29) is 0 Å². The number of rotatable bonds is 2. The maximum Gasteiger partial charge on any atom is 0.201 e. The third-order valence-corrected chi connectivity index (χ3v) is 5.66. The lowest BCUT2D eigenvalue weighted by atomic mass is 10.0. The zero-order valence-electron chi connectivity index (χ0n) is 11.9. The van der Waals surface area contributed by atoms with Crippen molar-refractivity contribution in [2.75, 3.05) is 5.73 Å². The molecule has 1 aliphatic carbocycles. The highest BCUT2D eigenvalue weighted by atomic mass is 35.5. The van der Waals surface area contributed by atoms with Crippen molar-refractivity contribution < 1.29 is 0 Å². The van der Waals surface area contributed by atoms with Crippen molar-refractivity contribution in [2.45, 2.75) is 34.2 Å². The van der Waals surface area contributed by atoms with Crippen LogP contribution < -0.4 is 5.73 Å². The van der Waals surface area contributed by atoms with Gasteiger partial charge in [0.1, 0.15) is 0 Å². The molecule has 2 N–H and O–H groups in total. The van der Waals surface area contributed by atoms with Crippen molar-refractivity contribution in [3.8, 4) is 0 Å². The van der Waals surface area contributed by atoms with Gasteiger partial charge < -0.3 is 10.3 Å². The maximum atomic E-state index is 6.08. The monoisotopic (exact) mass is 277 g/mol. The van der Waals surface area contributed by atoms with E-state index in [0.717, 1.165) is 22.6 Å². The number of benzene rings is 1. The smallest absolute Gasteiger partial charge is 0.201 e. The van der Waals surface area contributed by atoms with Gasteiger partial charge in [-0.05, 0) is 34.9 Å². The van der Waals surface area contributed by atoms with E-state index in [1.807, 2.05) is 18.2 Å². The number of anilines is 1. The van der Waals surface area contributed by atoms with E-state index in [2.05, 4.69) is 37.2 Å². The SMILES string of the molecule is CC1(C)C(Cn2c(N)nc3ccc(Cl)cc32)C1(C)C. The number of nitrogens with two attached hydrogens (primary N) is 1. The molecule has 19 heavy (non-hydrogen) atoms. The molecule has 0 bridgehead atoms. The van der Waals surface area contributed by atoms with Crippen molar-refractivity contribution in [2.24, 2.45) is 16.7 Å². The zero-order chi connectivity index (χ0) is 14.0. The van der Waals surface area contributed by atoms with Crippen LogP contribution in [0.2, 0.25) is 5.02 Å². The van der Waals surface area contributed by atoms with E-state index < -0.39 is 0 Å². The third-order valence-electron chi connectivity index (χ3n) is 5.42. The summed E-state index contributed by atoms with van der Waals surface area (Å²) >= 11 is 6.08. The summed E-state index contributed by atoms with van der Waals surface area (Å²) < 4.78 is 2.10. The van der Waals surface area contributed by atoms with E-state index in [1.165, 1.54) is 0 Å². The average Bonchev–Trinajstić information content (AvgIpc) is 2.58. The Hall–Kier alpha value is -1.22. The fourth-order valence-electron chi connectivity index (χ4n) is 3.28. The van der Waals surface area contributed by atoms with Gasteiger partial charge in [0.05, 0.1) is 11.0 Å². The molecule has 0 atom stereocenters. The molecule has 1 heterocycles. The van der Waals surface area contributed by atoms with Crippen molar-refractivity contribution in [3.05, 3.63) is 23.2 Å². The summed E-state index contributed by atoms with van der Waals surface area (Å²) in [5.74, 6) is 1.19. The van der Waals surface area contributed by atoms with E-state index in [9.17, 15) is 0 Å². The Morgan fingerprint density at radius 2 is 1.89 bits per heavy atom. The van der Waals surface area contributed by atoms with Gasteiger partial charge in [0.15, 0.2) is 0 Å². The van der Waals surface area contributed by atoms with Crippen LogP contribution in [0, 0.1) is 16.7 Å². The van der Waals surface area contributed by atoms with E-state index in [0.29, 0.717) is 22.7 Å². The van der Waals surface area contributed by atoms with Crippen LogP contribution in [0.4, 0.5) is 5.95 Å². The van der Waals surface area contributed by atoms with Gasteiger partial charge in [-0.3, -0.25) is 0 Å². The van der Waals surface area contributed by atoms with Crippen LogP contribution in [0.15, 0.2) is 18.2 Å². The van der Waals surface area contributed by atoms with E-state index in [1.54, 1.807) is 0 Å². The van der Waals surface area contributed by atoms with Crippen LogP contribution in [-0.2, 0) is 6.54 Å². The molecule has 0 unspecified atom stereocenters. The normalized spacial score (nSPS) is 20.9. The molecule has 0 amide bonds. The van der Waals surface area contributed by atoms with Crippen LogP contribution in [0.25, 0.3) is 11.0 Å². The molecule has 0 saturated heterocycles. The van der Waals surface area contributed by atoms with Gasteiger partial charge in [0, 0.05) is 11.6 Å². The van der Waals surface area contributed by atoms with Crippen LogP contribution in [0.1, 0.15) is 27.7 Å². The van der Waals surface area contributed by atoms with Crippen molar-refractivity contribution in [1.29, 1.82) is 0 Å². The van der Waals surface area contributed by atoms with Crippen LogP contribution in [0.5, 0.6) is 0 Å². The van der Waals surface area contributed by atoms with Gasteiger partial charge in [-0.15, -0.1) is 0 Å². The molecule has 1 aromatic carbocycles. The van der Waals surface area contributed by atoms with Crippen LogP contribution in [0.3, 0.4) is 0 Å². The van der Waals surface area contributed by atoms with Crippen molar-refractivity contribution in [1.82, 2.24) is 9.55 Å². The van der Waals surface area contributed by atoms with Gasteiger partial charge in [-0.1, -0.05) is 39.3 Å². The molecular weight excluding hydrogens is 258 g/mol. The summed E-state index contributed by atoms with van der Waals surface area (Å²) in [6, 6.07) is 5.72. The summed E-state index contributed by atoms with van der Waals surface area (Å²) in [7, 11) is 0. The van der Waals surface area contributed by atoms with E-state index in [4.69, 9.17) is 17.3 Å². The number of fused-ring (bicyclic) bond motifs is 1. The number of hydrogen-bond acceptors (Lipinski definition) is 2. The third kappa shape index (κ3) is 1.68. The Morgan fingerprint density at radius 3 is 2.47 bits per heavy atom. The quantitative estimate of drug-likeness (QED) is 0.903. The standard InChI is InChI=1S/C15H20ClN3/c1-14(2)12(15(14,3)4)8-19-11-7-9(16)5-6-10(11)18-13(19)17/h5-7,12H,8H2,1-4H3,(H2,17,18). The molecule has 1 fully saturated rings. The van der Waals surface area contributed by atoms with Crippen LogP contribution in [-0.4, -0.2) is 9.55 Å². The fourth-order valence-corrected chi connectivity index (χ4v) is 3.44. The number of nitrogen functional groups attached to an aromatic ring is 1. The lowest BCUT2D eigenvalue weighted by molar-refractivity contribution is 0.457. The largest absolute Gasteiger partial charge is 0.369 e. The molecule has 102 valence electrons. The first-order chi connectivity index (χ1) is 8.75. The maximum absolute atomic E-state index is 6.08. The molecule has 0 radical (unpaired) electrons. The molecule has 0 spiro atoms. The second-order valence-corrected chi connectivity index (χ2v) is 7.15. The summed E-state index contributed by atoms with van der Waals surface area (Å²) in [5.41, 5.74) is 8.70. The zero-order valence-corrected chi connectivity index (χ0v) is 12.6. The van der Waals surface area contributed by atoms with Crippen molar-refractivity contribution >= 4 is 28.6 Å². The number of imidazole rings is 1. The highest BCUT2D eigenvalue weighted by Crippen LogP contribution is 2.69. The predicted molar refractivity (Wildman–Crippen MR) is 80.2 cm³/mol. The second kappa shape index (κ2) is 3.66. The molecule has 0 aliphatic heterocycles. The molecule has 1 aliphatic rings. The Balaban J connectivity index is 2.02. The molecular formula is C15H20ClN3. The molecule has 1 aromatic heterocycles. The minimum absolute atomic E-state index is 0.342. The second-order valence-electron chi connectivity index (χ2n) is 6.71. The van der Waals surface area contributed by atoms with Crippen molar-refractivity contribution in [3.63, 3.8) is 0 Å². The van der Waals surface area contributed by atoms with Gasteiger partial charge in [0.2, 0.25) is 5.95 Å². The highest BCUT2D eigenvalue weighted by Gasteiger charge is 2.64. The summed E-state index contributed by atoms with van der Waals surface area (Å²) in [5, 5.41) is 0.725. The lowest BCUT2D eigenvalue weighted by Gasteiger charge is -2.08. The Morgan fingerprint density at radius 1 is 1.26 bits per heavy atom. The minimum atomic E-state index is 0.342. The number of nitrogens with zero attached hydrogens (tertiary/aromatic N) is 2. The molecule has 1 saturated carbocycles. The summed E-state index contributed by atoms with van der Waals surface area (Å²) in [6.45, 7) is 10.2. The first-order valence-electron chi connectivity index (χ1n) is 6.66.